The van der Waals surface area contributed by atoms with Gasteiger partial charge >= 0.3 is 0 Å². The first-order valence-corrected chi connectivity index (χ1v) is 10.9. The predicted octanol–water partition coefficient (Wildman–Crippen LogP) is 1.92. The maximum absolute atomic E-state index is 12.5. The molecule has 7 nitrogen and oxygen atoms in total. The zero-order valence-corrected chi connectivity index (χ0v) is 17.6. The van der Waals surface area contributed by atoms with Gasteiger partial charge < -0.3 is 20.1 Å². The van der Waals surface area contributed by atoms with E-state index >= 15 is 0 Å². The number of likely N-dealkylation sites (tertiary alicyclic amines) is 1. The van der Waals surface area contributed by atoms with Crippen LogP contribution in [0.2, 0.25) is 0 Å². The summed E-state index contributed by atoms with van der Waals surface area (Å²) in [6, 6.07) is 0. The normalized spacial score (nSPS) is 29.8. The van der Waals surface area contributed by atoms with E-state index in [9.17, 15) is 9.59 Å². The monoisotopic (exact) mass is 412 g/mol. The van der Waals surface area contributed by atoms with Crippen molar-refractivity contribution in [2.45, 2.75) is 56.5 Å². The number of nitrogens with one attached hydrogen (secondary N) is 1. The van der Waals surface area contributed by atoms with Crippen LogP contribution in [-0.4, -0.2) is 70.6 Å². The Morgan fingerprint density at radius 1 is 1.46 bits per heavy atom. The van der Waals surface area contributed by atoms with Gasteiger partial charge in [-0.25, -0.2) is 0 Å². The van der Waals surface area contributed by atoms with Gasteiger partial charge in [0, 0.05) is 31.3 Å². The summed E-state index contributed by atoms with van der Waals surface area (Å²) in [4.78, 5) is 34.8. The van der Waals surface area contributed by atoms with Gasteiger partial charge in [0.15, 0.2) is 0 Å². The summed E-state index contributed by atoms with van der Waals surface area (Å²) in [5.41, 5.74) is -0.153. The van der Waals surface area contributed by atoms with Crippen molar-refractivity contribution < 1.29 is 24.2 Å². The van der Waals surface area contributed by atoms with Crippen LogP contribution >= 0.6 is 11.8 Å². The molecule has 3 rings (SSSR count). The zero-order valence-electron chi connectivity index (χ0n) is 16.8. The van der Waals surface area contributed by atoms with Crippen molar-refractivity contribution in [2.24, 2.45) is 11.8 Å². The number of hydrogen-bond acceptors (Lipinski definition) is 5. The van der Waals surface area contributed by atoms with Crippen LogP contribution in [0.25, 0.3) is 0 Å². The van der Waals surface area contributed by atoms with E-state index in [1.54, 1.807) is 17.8 Å². The molecule has 2 amide bonds. The van der Waals surface area contributed by atoms with Gasteiger partial charge in [0.05, 0.1) is 24.0 Å². The van der Waals surface area contributed by atoms with Crippen LogP contribution < -0.4 is 5.32 Å². The molecule has 3 fully saturated rings. The Hall–Kier alpha value is -1.54. The van der Waals surface area contributed by atoms with Crippen LogP contribution in [-0.2, 0) is 19.1 Å². The highest BCUT2D eigenvalue weighted by molar-refractivity contribution is 8.00. The van der Waals surface area contributed by atoms with Gasteiger partial charge in [0.2, 0.25) is 11.8 Å². The number of carbonyl (C=O) groups excluding carboxylic acids is 2. The van der Waals surface area contributed by atoms with Gasteiger partial charge in [-0.2, -0.15) is 0 Å². The minimum atomic E-state index is -0.250. The number of thioether (sulfide) groups is 1. The standard InChI is InChI=1S/C19H30N2O3S.CH2O2/c1-4-5-6-17(22)20-9-14-15-10-21(18(23)11-25-13(2)3)12-19(15)8-7-16(14)24-19;2-1-3/h4,13-16H,1,5-12H2,2-3H3,(H,20,22);1H,(H,2,3)/t14-,15+,16+,19+;/m0./s1. The molecule has 3 aliphatic rings. The maximum Gasteiger partial charge on any atom is 0.290 e. The van der Waals surface area contributed by atoms with Crippen LogP contribution in [0.15, 0.2) is 12.7 Å². The lowest BCUT2D eigenvalue weighted by molar-refractivity contribution is -0.129. The molecule has 0 saturated carbocycles. The third kappa shape index (κ3) is 5.29. The predicted molar refractivity (Wildman–Crippen MR) is 109 cm³/mol. The summed E-state index contributed by atoms with van der Waals surface area (Å²) in [5, 5.41) is 10.4. The molecule has 0 aromatic heterocycles. The maximum atomic E-state index is 12.5. The van der Waals surface area contributed by atoms with E-state index in [4.69, 9.17) is 14.6 Å². The Bertz CT molecular complexity index is 585. The number of carbonyl (C=O) groups is 3. The fourth-order valence-electron chi connectivity index (χ4n) is 4.54. The van der Waals surface area contributed by atoms with Gasteiger partial charge in [-0.15, -0.1) is 18.3 Å². The quantitative estimate of drug-likeness (QED) is 0.467. The highest BCUT2D eigenvalue weighted by atomic mass is 32.2. The minimum absolute atomic E-state index is 0.0796. The largest absolute Gasteiger partial charge is 0.483 e. The second-order valence-electron chi connectivity index (χ2n) is 7.90. The van der Waals surface area contributed by atoms with Crippen LogP contribution in [0.3, 0.4) is 0 Å². The highest BCUT2D eigenvalue weighted by Gasteiger charge is 2.63. The van der Waals surface area contributed by atoms with Gasteiger partial charge in [-0.3, -0.25) is 14.4 Å². The highest BCUT2D eigenvalue weighted by Crippen LogP contribution is 2.54. The van der Waals surface area contributed by atoms with E-state index in [1.807, 2.05) is 4.90 Å². The molecule has 4 atom stereocenters. The Morgan fingerprint density at radius 2 is 2.18 bits per heavy atom. The molecule has 2 N–H and O–H groups in total. The molecule has 2 bridgehead atoms. The molecule has 28 heavy (non-hydrogen) atoms. The fraction of sp³-hybridized carbons (Fsp3) is 0.750. The van der Waals surface area contributed by atoms with Crippen LogP contribution in [0.4, 0.5) is 0 Å². The molecule has 0 aliphatic carbocycles. The van der Waals surface area contributed by atoms with Crippen molar-refractivity contribution in [3.05, 3.63) is 12.7 Å². The Balaban J connectivity index is 0.000000878. The number of hydrogen-bond donors (Lipinski definition) is 2. The van der Waals surface area contributed by atoms with Crippen molar-refractivity contribution in [2.75, 3.05) is 25.4 Å². The number of fused-ring (bicyclic) bond motifs is 1. The Morgan fingerprint density at radius 3 is 2.82 bits per heavy atom. The van der Waals surface area contributed by atoms with Crippen molar-refractivity contribution >= 4 is 30.0 Å². The first kappa shape index (κ1) is 22.7. The average molecular weight is 413 g/mol. The lowest BCUT2D eigenvalue weighted by Crippen LogP contribution is -2.41. The van der Waals surface area contributed by atoms with Crippen molar-refractivity contribution in [1.82, 2.24) is 10.2 Å². The third-order valence-electron chi connectivity index (χ3n) is 5.79. The summed E-state index contributed by atoms with van der Waals surface area (Å²) < 4.78 is 6.35. The number of amides is 2. The summed E-state index contributed by atoms with van der Waals surface area (Å²) in [6.07, 6.45) is 5.31. The van der Waals surface area contributed by atoms with E-state index in [0.717, 1.165) is 25.9 Å². The summed E-state index contributed by atoms with van der Waals surface area (Å²) in [7, 11) is 0. The molecule has 3 heterocycles. The molecule has 0 unspecified atom stereocenters. The number of ether oxygens (including phenoxy) is 1. The molecular weight excluding hydrogens is 380 g/mol. The smallest absolute Gasteiger partial charge is 0.290 e. The molecule has 1 spiro atoms. The van der Waals surface area contributed by atoms with Gasteiger partial charge in [0.1, 0.15) is 0 Å². The molecule has 158 valence electrons. The number of rotatable bonds is 8. The summed E-state index contributed by atoms with van der Waals surface area (Å²) in [6.45, 7) is 9.81. The molecular formula is C20H32N2O5S. The molecule has 0 aromatic rings. The number of nitrogens with zero attached hydrogens (tertiary/aromatic N) is 1. The molecule has 8 heteroatoms. The number of allylic oxidation sites excluding steroid dienone is 1. The summed E-state index contributed by atoms with van der Waals surface area (Å²) in [5.74, 6) is 1.54. The second kappa shape index (κ2) is 10.3. The van der Waals surface area contributed by atoms with E-state index in [2.05, 4.69) is 25.7 Å². The van der Waals surface area contributed by atoms with E-state index in [-0.39, 0.29) is 30.0 Å². The lowest BCUT2D eigenvalue weighted by Gasteiger charge is -2.29. The van der Waals surface area contributed by atoms with Crippen molar-refractivity contribution in [1.29, 1.82) is 0 Å². The van der Waals surface area contributed by atoms with Crippen molar-refractivity contribution in [3.63, 3.8) is 0 Å². The van der Waals surface area contributed by atoms with E-state index in [1.165, 1.54) is 0 Å². The average Bonchev–Trinajstić information content (AvgIpc) is 3.31. The fourth-order valence-corrected chi connectivity index (χ4v) is 5.19. The van der Waals surface area contributed by atoms with E-state index < -0.39 is 0 Å². The molecule has 0 radical (unpaired) electrons. The Kier molecular flexibility index (Phi) is 8.37. The van der Waals surface area contributed by atoms with E-state index in [0.29, 0.717) is 42.2 Å². The Labute approximate surface area is 171 Å². The first-order valence-electron chi connectivity index (χ1n) is 9.89. The van der Waals surface area contributed by atoms with Gasteiger partial charge in [-0.1, -0.05) is 19.9 Å². The summed E-state index contributed by atoms with van der Waals surface area (Å²) >= 11 is 1.70. The first-order chi connectivity index (χ1) is 13.4. The SMILES string of the molecule is C=CCCC(=O)NC[C@H]1[C@H]2CN(C(=O)CSC(C)C)C[C@]23CC[C@H]1O3.O=CO. The van der Waals surface area contributed by atoms with Crippen LogP contribution in [0, 0.1) is 11.8 Å². The minimum Gasteiger partial charge on any atom is -0.483 e. The molecule has 3 aliphatic heterocycles. The lowest BCUT2D eigenvalue weighted by atomic mass is 9.73. The number of carboxylic acid groups (broad SMARTS) is 1. The second-order valence-corrected chi connectivity index (χ2v) is 9.47. The topological polar surface area (TPSA) is 95.9 Å². The molecule has 0 aromatic carbocycles. The van der Waals surface area contributed by atoms with Gasteiger partial charge in [0.25, 0.3) is 6.47 Å². The van der Waals surface area contributed by atoms with Gasteiger partial charge in [-0.05, 0) is 24.5 Å². The third-order valence-corrected chi connectivity index (χ3v) is 6.87. The zero-order chi connectivity index (χ0) is 20.7. The van der Waals surface area contributed by atoms with Crippen LogP contribution in [0.1, 0.15) is 39.5 Å². The van der Waals surface area contributed by atoms with Crippen LogP contribution in [0.5, 0.6) is 0 Å². The molecule has 3 saturated heterocycles. The van der Waals surface area contributed by atoms with Crippen molar-refractivity contribution in [3.8, 4) is 0 Å².